The van der Waals surface area contributed by atoms with E-state index in [1.807, 2.05) is 20.8 Å². The molecule has 1 saturated carbocycles. The molecule has 172 valence electrons. The molecule has 30 heavy (non-hydrogen) atoms. The van der Waals surface area contributed by atoms with Gasteiger partial charge in [0.15, 0.2) is 0 Å². The van der Waals surface area contributed by atoms with Crippen LogP contribution in [0, 0.1) is 35.0 Å². The molecule has 4 nitrogen and oxygen atoms in total. The fourth-order valence-corrected chi connectivity index (χ4v) is 3.85. The fourth-order valence-electron chi connectivity index (χ4n) is 3.85. The third-order valence-electron chi connectivity index (χ3n) is 5.22. The Morgan fingerprint density at radius 1 is 1.03 bits per heavy atom. The minimum atomic E-state index is -0.548. The first-order chi connectivity index (χ1) is 13.9. The van der Waals surface area contributed by atoms with Crippen molar-refractivity contribution in [1.82, 2.24) is 0 Å². The first-order valence-electron chi connectivity index (χ1n) is 11.7. The van der Waals surface area contributed by atoms with Gasteiger partial charge in [-0.25, -0.2) is 0 Å². The summed E-state index contributed by atoms with van der Waals surface area (Å²) < 4.78 is 11.0. The number of carbonyl (C=O) groups excluding carboxylic acids is 2. The summed E-state index contributed by atoms with van der Waals surface area (Å²) in [5, 5.41) is 0. The highest BCUT2D eigenvalue weighted by atomic mass is 16.6. The summed E-state index contributed by atoms with van der Waals surface area (Å²) >= 11 is 0. The molecule has 4 heteroatoms. The smallest absolute Gasteiger partial charge is 0.307 e. The zero-order chi connectivity index (χ0) is 22.8. The SMILES string of the molecule is CCCCOCCC[C@@H](CC(=O)OC(C)(C)C)C(=O)C#CC1CC(CC(C)(C)C)C1. The average molecular weight is 421 g/mol. The van der Waals surface area contributed by atoms with Crippen molar-refractivity contribution < 1.29 is 19.1 Å². The number of unbranched alkanes of at least 4 members (excludes halogenated alkanes) is 1. The van der Waals surface area contributed by atoms with Gasteiger partial charge in [0.2, 0.25) is 5.78 Å². The summed E-state index contributed by atoms with van der Waals surface area (Å²) in [5.74, 6) is 6.20. The van der Waals surface area contributed by atoms with Crippen LogP contribution in [0.3, 0.4) is 0 Å². The second kappa shape index (κ2) is 12.5. The number of Topliss-reactive ketones (excluding diaryl/α,β-unsaturated/α-hetero) is 1. The monoisotopic (exact) mass is 420 g/mol. The van der Waals surface area contributed by atoms with Crippen molar-refractivity contribution in [3.8, 4) is 11.8 Å². The molecule has 1 fully saturated rings. The van der Waals surface area contributed by atoms with Crippen LogP contribution in [-0.4, -0.2) is 30.6 Å². The molecule has 0 bridgehead atoms. The highest BCUT2D eigenvalue weighted by molar-refractivity contribution is 5.99. The molecule has 0 aromatic heterocycles. The van der Waals surface area contributed by atoms with E-state index < -0.39 is 11.5 Å². The van der Waals surface area contributed by atoms with Gasteiger partial charge in [0.25, 0.3) is 0 Å². The van der Waals surface area contributed by atoms with Crippen molar-refractivity contribution in [2.75, 3.05) is 13.2 Å². The Morgan fingerprint density at radius 2 is 1.67 bits per heavy atom. The summed E-state index contributed by atoms with van der Waals surface area (Å²) in [4.78, 5) is 25.0. The third-order valence-corrected chi connectivity index (χ3v) is 5.22. The standard InChI is InChI=1S/C26H44O4/c1-8-9-14-29-15-10-11-22(18-24(28)30-26(5,6)7)23(27)13-12-20-16-21(17-20)19-25(2,3)4/h20-22H,8-11,14-19H2,1-7H3/t20?,21?,22-/m0/s1. The van der Waals surface area contributed by atoms with Gasteiger partial charge in [-0.3, -0.25) is 9.59 Å². The van der Waals surface area contributed by atoms with Gasteiger partial charge in [0.05, 0.1) is 6.42 Å². The topological polar surface area (TPSA) is 52.6 Å². The molecule has 0 radical (unpaired) electrons. The Labute approximate surface area is 184 Å². The van der Waals surface area contributed by atoms with Gasteiger partial charge in [-0.2, -0.15) is 0 Å². The lowest BCUT2D eigenvalue weighted by atomic mass is 9.68. The third kappa shape index (κ3) is 12.4. The van der Waals surface area contributed by atoms with Crippen molar-refractivity contribution >= 4 is 11.8 Å². The van der Waals surface area contributed by atoms with E-state index in [9.17, 15) is 9.59 Å². The van der Waals surface area contributed by atoms with Crippen molar-refractivity contribution in [1.29, 1.82) is 0 Å². The van der Waals surface area contributed by atoms with E-state index >= 15 is 0 Å². The van der Waals surface area contributed by atoms with Gasteiger partial charge in [-0.05, 0) is 76.5 Å². The summed E-state index contributed by atoms with van der Waals surface area (Å²) in [6.07, 6.45) is 6.98. The van der Waals surface area contributed by atoms with E-state index in [-0.39, 0.29) is 18.2 Å². The highest BCUT2D eigenvalue weighted by Gasteiger charge is 2.31. The molecular weight excluding hydrogens is 376 g/mol. The van der Waals surface area contributed by atoms with Crippen LogP contribution in [0.2, 0.25) is 0 Å². The molecule has 1 rings (SSSR count). The van der Waals surface area contributed by atoms with Crippen molar-refractivity contribution in [2.24, 2.45) is 23.2 Å². The minimum Gasteiger partial charge on any atom is -0.460 e. The first kappa shape index (κ1) is 26.7. The van der Waals surface area contributed by atoms with Crippen LogP contribution in [0.25, 0.3) is 0 Å². The molecule has 0 amide bonds. The van der Waals surface area contributed by atoms with Crippen LogP contribution in [0.15, 0.2) is 0 Å². The quantitative estimate of drug-likeness (QED) is 0.179. The lowest BCUT2D eigenvalue weighted by molar-refractivity contribution is -0.157. The largest absolute Gasteiger partial charge is 0.460 e. The Kier molecular flexibility index (Phi) is 11.1. The van der Waals surface area contributed by atoms with E-state index in [0.717, 1.165) is 44.6 Å². The molecule has 0 N–H and O–H groups in total. The Bertz CT molecular complexity index is 591. The number of carbonyl (C=O) groups is 2. The van der Waals surface area contributed by atoms with Crippen LogP contribution in [0.4, 0.5) is 0 Å². The molecule has 0 spiro atoms. The van der Waals surface area contributed by atoms with Gasteiger partial charge in [0, 0.05) is 25.0 Å². The van der Waals surface area contributed by atoms with Gasteiger partial charge in [0.1, 0.15) is 5.60 Å². The molecular formula is C26H44O4. The van der Waals surface area contributed by atoms with E-state index in [1.165, 1.54) is 6.42 Å². The fraction of sp³-hybridized carbons (Fsp3) is 0.846. The van der Waals surface area contributed by atoms with Crippen LogP contribution in [0.5, 0.6) is 0 Å². The van der Waals surface area contributed by atoms with Crippen molar-refractivity contribution in [2.45, 2.75) is 105 Å². The zero-order valence-corrected chi connectivity index (χ0v) is 20.4. The summed E-state index contributed by atoms with van der Waals surface area (Å²) in [6.45, 7) is 15.8. The van der Waals surface area contributed by atoms with Gasteiger partial charge in [-0.1, -0.05) is 40.0 Å². The molecule has 0 aromatic rings. The summed E-state index contributed by atoms with van der Waals surface area (Å²) in [6, 6.07) is 0. The number of esters is 1. The molecule has 0 saturated heterocycles. The summed E-state index contributed by atoms with van der Waals surface area (Å²) in [7, 11) is 0. The van der Waals surface area contributed by atoms with E-state index in [4.69, 9.17) is 9.47 Å². The van der Waals surface area contributed by atoms with Crippen molar-refractivity contribution in [3.63, 3.8) is 0 Å². The highest BCUT2D eigenvalue weighted by Crippen LogP contribution is 2.40. The van der Waals surface area contributed by atoms with Crippen LogP contribution in [0.1, 0.15) is 99.8 Å². The zero-order valence-electron chi connectivity index (χ0n) is 20.4. The van der Waals surface area contributed by atoms with Crippen LogP contribution >= 0.6 is 0 Å². The predicted molar refractivity (Wildman–Crippen MR) is 122 cm³/mol. The number of hydrogen-bond donors (Lipinski definition) is 0. The van der Waals surface area contributed by atoms with E-state index in [2.05, 4.69) is 39.5 Å². The number of rotatable bonds is 11. The Hall–Kier alpha value is -1.34. The van der Waals surface area contributed by atoms with Gasteiger partial charge < -0.3 is 9.47 Å². The Morgan fingerprint density at radius 3 is 2.23 bits per heavy atom. The van der Waals surface area contributed by atoms with E-state index in [1.54, 1.807) is 0 Å². The number of ketones is 1. The van der Waals surface area contributed by atoms with Crippen molar-refractivity contribution in [3.05, 3.63) is 0 Å². The maximum atomic E-state index is 12.7. The second-order valence-corrected chi connectivity index (χ2v) is 11.0. The molecule has 1 aliphatic carbocycles. The summed E-state index contributed by atoms with van der Waals surface area (Å²) in [5.41, 5.74) is -0.204. The first-order valence-corrected chi connectivity index (χ1v) is 11.7. The molecule has 0 aliphatic heterocycles. The van der Waals surface area contributed by atoms with Gasteiger partial charge in [-0.15, -0.1) is 0 Å². The van der Waals surface area contributed by atoms with Crippen LogP contribution in [-0.2, 0) is 19.1 Å². The molecule has 0 unspecified atom stereocenters. The minimum absolute atomic E-state index is 0.0943. The normalized spacial score (nSPS) is 20.0. The molecule has 0 heterocycles. The lowest BCUT2D eigenvalue weighted by Gasteiger charge is -2.36. The average Bonchev–Trinajstić information content (AvgIpc) is 2.55. The predicted octanol–water partition coefficient (Wildman–Crippen LogP) is 5.97. The molecule has 0 aromatic carbocycles. The number of ether oxygens (including phenoxy) is 2. The maximum absolute atomic E-state index is 12.7. The van der Waals surface area contributed by atoms with E-state index in [0.29, 0.717) is 24.4 Å². The lowest BCUT2D eigenvalue weighted by Crippen LogP contribution is -2.28. The maximum Gasteiger partial charge on any atom is 0.307 e. The second-order valence-electron chi connectivity index (χ2n) is 11.0. The Balaban J connectivity index is 2.56. The molecule has 1 atom stereocenters. The number of hydrogen-bond acceptors (Lipinski definition) is 4. The van der Waals surface area contributed by atoms with Gasteiger partial charge >= 0.3 is 5.97 Å². The van der Waals surface area contributed by atoms with Crippen LogP contribution < -0.4 is 0 Å². The molecule has 1 aliphatic rings.